The Kier molecular flexibility index (Phi) is 7.21. The fourth-order valence-corrected chi connectivity index (χ4v) is 3.98. The Labute approximate surface area is 181 Å². The molecule has 0 aromatic heterocycles. The Bertz CT molecular complexity index is 821. The molecule has 0 bridgehead atoms. The summed E-state index contributed by atoms with van der Waals surface area (Å²) in [5, 5.41) is 1.87. The summed E-state index contributed by atoms with van der Waals surface area (Å²) in [4.78, 5) is 29.7. The molecule has 2 fully saturated rings. The molecule has 3 rings (SSSR count). The first-order valence-corrected chi connectivity index (χ1v) is 10.2. The van der Waals surface area contributed by atoms with E-state index < -0.39 is 36.4 Å². The number of nitrogens with one attached hydrogen (secondary N) is 1. The Hall–Kier alpha value is -2.50. The van der Waals surface area contributed by atoms with Gasteiger partial charge in [-0.25, -0.2) is 0 Å². The van der Waals surface area contributed by atoms with Crippen LogP contribution >= 0.6 is 0 Å². The van der Waals surface area contributed by atoms with E-state index in [4.69, 9.17) is 0 Å². The minimum absolute atomic E-state index is 0.0896. The van der Waals surface area contributed by atoms with Crippen molar-refractivity contribution in [3.05, 3.63) is 29.8 Å². The SMILES string of the molecule is O=C(NCC(F)(F)F)C1CCCN1CC(=O)N1CCN(c2cccc(C(F)(F)F)c2)CC1. The van der Waals surface area contributed by atoms with E-state index in [1.54, 1.807) is 20.8 Å². The molecule has 2 heterocycles. The van der Waals surface area contributed by atoms with Crippen LogP contribution in [0.25, 0.3) is 0 Å². The molecule has 1 N–H and O–H groups in total. The molecule has 0 spiro atoms. The van der Waals surface area contributed by atoms with E-state index in [-0.39, 0.29) is 12.5 Å². The van der Waals surface area contributed by atoms with Crippen LogP contribution in [0, 0.1) is 0 Å². The molecule has 1 aromatic rings. The predicted octanol–water partition coefficient (Wildman–Crippen LogP) is 2.50. The third kappa shape index (κ3) is 6.27. The summed E-state index contributed by atoms with van der Waals surface area (Å²) in [5.74, 6) is -1.01. The first-order valence-electron chi connectivity index (χ1n) is 10.2. The molecule has 12 heteroatoms. The van der Waals surface area contributed by atoms with E-state index in [2.05, 4.69) is 0 Å². The summed E-state index contributed by atoms with van der Waals surface area (Å²) in [6.45, 7) is 0.224. The molecule has 2 aliphatic rings. The molecule has 0 aliphatic carbocycles. The summed E-state index contributed by atoms with van der Waals surface area (Å²) in [6, 6.07) is 4.22. The van der Waals surface area contributed by atoms with Crippen LogP contribution in [-0.4, -0.2) is 79.6 Å². The van der Waals surface area contributed by atoms with Crippen molar-refractivity contribution < 1.29 is 35.9 Å². The van der Waals surface area contributed by atoms with Gasteiger partial charge in [0.2, 0.25) is 11.8 Å². The summed E-state index contributed by atoms with van der Waals surface area (Å²) < 4.78 is 75.8. The summed E-state index contributed by atoms with van der Waals surface area (Å²) in [7, 11) is 0. The molecule has 178 valence electrons. The smallest absolute Gasteiger partial charge is 0.368 e. The van der Waals surface area contributed by atoms with E-state index in [0.717, 1.165) is 12.1 Å². The van der Waals surface area contributed by atoms with Crippen molar-refractivity contribution in [2.24, 2.45) is 0 Å². The van der Waals surface area contributed by atoms with Crippen molar-refractivity contribution in [1.82, 2.24) is 15.1 Å². The molecule has 0 radical (unpaired) electrons. The Balaban J connectivity index is 1.52. The van der Waals surface area contributed by atoms with Gasteiger partial charge in [0.1, 0.15) is 6.54 Å². The van der Waals surface area contributed by atoms with E-state index in [0.29, 0.717) is 51.3 Å². The third-order valence-electron chi connectivity index (χ3n) is 5.64. The maximum absolute atomic E-state index is 12.9. The molecular weight excluding hydrogens is 442 g/mol. The van der Waals surface area contributed by atoms with Crippen LogP contribution in [0.5, 0.6) is 0 Å². The number of halogens is 6. The number of alkyl halides is 6. The fourth-order valence-electron chi connectivity index (χ4n) is 3.98. The van der Waals surface area contributed by atoms with Crippen molar-refractivity contribution in [2.75, 3.05) is 50.7 Å². The van der Waals surface area contributed by atoms with Crippen LogP contribution in [-0.2, 0) is 15.8 Å². The number of amides is 2. The summed E-state index contributed by atoms with van der Waals surface area (Å²) in [6.07, 6.45) is -7.97. The van der Waals surface area contributed by atoms with Gasteiger partial charge in [0.15, 0.2) is 0 Å². The number of benzene rings is 1. The second-order valence-electron chi connectivity index (χ2n) is 7.88. The van der Waals surface area contributed by atoms with Crippen LogP contribution < -0.4 is 10.2 Å². The van der Waals surface area contributed by atoms with Gasteiger partial charge in [0, 0.05) is 31.9 Å². The highest BCUT2D eigenvalue weighted by atomic mass is 19.4. The Morgan fingerprint density at radius 3 is 2.31 bits per heavy atom. The van der Waals surface area contributed by atoms with Crippen LogP contribution in [0.4, 0.5) is 32.0 Å². The van der Waals surface area contributed by atoms with E-state index >= 15 is 0 Å². The van der Waals surface area contributed by atoms with Crippen molar-refractivity contribution >= 4 is 17.5 Å². The van der Waals surface area contributed by atoms with Gasteiger partial charge in [-0.2, -0.15) is 26.3 Å². The van der Waals surface area contributed by atoms with Gasteiger partial charge in [-0.15, -0.1) is 0 Å². The largest absolute Gasteiger partial charge is 0.416 e. The first kappa shape index (κ1) is 24.1. The zero-order chi connectivity index (χ0) is 23.5. The van der Waals surface area contributed by atoms with Crippen molar-refractivity contribution in [1.29, 1.82) is 0 Å². The Morgan fingerprint density at radius 1 is 1.00 bits per heavy atom. The molecule has 2 amide bonds. The van der Waals surface area contributed by atoms with Gasteiger partial charge < -0.3 is 15.1 Å². The normalized spacial score (nSPS) is 20.5. The average molecular weight is 466 g/mol. The average Bonchev–Trinajstić information content (AvgIpc) is 3.19. The van der Waals surface area contributed by atoms with Crippen molar-refractivity contribution in [2.45, 2.75) is 31.2 Å². The van der Waals surface area contributed by atoms with Crippen molar-refractivity contribution in [3.8, 4) is 0 Å². The van der Waals surface area contributed by atoms with E-state index in [1.165, 1.54) is 6.07 Å². The zero-order valence-electron chi connectivity index (χ0n) is 17.2. The molecule has 1 aromatic carbocycles. The lowest BCUT2D eigenvalue weighted by molar-refractivity contribution is -0.142. The molecule has 32 heavy (non-hydrogen) atoms. The first-order chi connectivity index (χ1) is 14.9. The predicted molar refractivity (Wildman–Crippen MR) is 104 cm³/mol. The standard InChI is InChI=1S/C20H24F6N4O2/c21-19(22,23)13-27-18(32)16-5-2-6-30(16)12-17(31)29-9-7-28(8-10-29)15-4-1-3-14(11-15)20(24,25)26/h1,3-4,11,16H,2,5-10,12-13H2,(H,27,32). The summed E-state index contributed by atoms with van der Waals surface area (Å²) in [5.41, 5.74) is -0.315. The number of hydrogen-bond acceptors (Lipinski definition) is 4. The van der Waals surface area contributed by atoms with Gasteiger partial charge >= 0.3 is 12.4 Å². The van der Waals surface area contributed by atoms with Crippen LogP contribution in [0.1, 0.15) is 18.4 Å². The number of anilines is 1. The Morgan fingerprint density at radius 2 is 1.69 bits per heavy atom. The van der Waals surface area contributed by atoms with E-state index in [1.807, 2.05) is 5.32 Å². The zero-order valence-corrected chi connectivity index (χ0v) is 17.2. The monoisotopic (exact) mass is 466 g/mol. The second-order valence-corrected chi connectivity index (χ2v) is 7.88. The van der Waals surface area contributed by atoms with Gasteiger partial charge in [-0.3, -0.25) is 14.5 Å². The minimum atomic E-state index is -4.51. The molecule has 2 saturated heterocycles. The quantitative estimate of drug-likeness (QED) is 0.678. The molecular formula is C20H24F6N4O2. The molecule has 1 atom stereocenters. The van der Waals surface area contributed by atoms with Crippen LogP contribution in [0.2, 0.25) is 0 Å². The lowest BCUT2D eigenvalue weighted by Crippen LogP contribution is -2.53. The number of rotatable bonds is 5. The van der Waals surface area contributed by atoms with Gasteiger partial charge in [0.25, 0.3) is 0 Å². The number of piperazine rings is 1. The van der Waals surface area contributed by atoms with Gasteiger partial charge in [-0.1, -0.05) is 6.07 Å². The highest BCUT2D eigenvalue weighted by Gasteiger charge is 2.36. The molecule has 1 unspecified atom stereocenters. The molecule has 2 aliphatic heterocycles. The highest BCUT2D eigenvalue weighted by Crippen LogP contribution is 2.32. The van der Waals surface area contributed by atoms with Crippen LogP contribution in [0.3, 0.4) is 0 Å². The van der Waals surface area contributed by atoms with Gasteiger partial charge in [0.05, 0.1) is 18.2 Å². The topological polar surface area (TPSA) is 55.9 Å². The third-order valence-corrected chi connectivity index (χ3v) is 5.64. The second kappa shape index (κ2) is 9.55. The number of carbonyl (C=O) groups excluding carboxylic acids is 2. The maximum Gasteiger partial charge on any atom is 0.416 e. The number of likely N-dealkylation sites (tertiary alicyclic amines) is 1. The lowest BCUT2D eigenvalue weighted by Gasteiger charge is -2.37. The number of hydrogen-bond donors (Lipinski definition) is 1. The van der Waals surface area contributed by atoms with Crippen molar-refractivity contribution in [3.63, 3.8) is 0 Å². The highest BCUT2D eigenvalue weighted by molar-refractivity contribution is 5.84. The minimum Gasteiger partial charge on any atom is -0.368 e. The summed E-state index contributed by atoms with van der Waals surface area (Å²) >= 11 is 0. The maximum atomic E-state index is 12.9. The lowest BCUT2D eigenvalue weighted by atomic mass is 10.1. The van der Waals surface area contributed by atoms with Crippen LogP contribution in [0.15, 0.2) is 24.3 Å². The van der Waals surface area contributed by atoms with Gasteiger partial charge in [-0.05, 0) is 37.6 Å². The van der Waals surface area contributed by atoms with E-state index in [9.17, 15) is 35.9 Å². The number of carbonyl (C=O) groups is 2. The fraction of sp³-hybridized carbons (Fsp3) is 0.600. The molecule has 0 saturated carbocycles. The molecule has 6 nitrogen and oxygen atoms in total. The number of nitrogens with zero attached hydrogens (tertiary/aromatic N) is 3.